The normalized spacial score (nSPS) is 14.9. The maximum absolute atomic E-state index is 13.4. The molecule has 2 aromatic carbocycles. The summed E-state index contributed by atoms with van der Waals surface area (Å²) < 4.78 is 32.1. The van der Waals surface area contributed by atoms with Crippen molar-refractivity contribution in [3.63, 3.8) is 0 Å². The van der Waals surface area contributed by atoms with Crippen LogP contribution in [0.3, 0.4) is 0 Å². The van der Waals surface area contributed by atoms with Gasteiger partial charge in [0.15, 0.2) is 15.0 Å². The summed E-state index contributed by atoms with van der Waals surface area (Å²) in [5.41, 5.74) is 3.09. The second-order valence-electron chi connectivity index (χ2n) is 8.80. The van der Waals surface area contributed by atoms with E-state index in [1.807, 2.05) is 13.8 Å². The number of amides is 1. The molecule has 0 N–H and O–H groups in total. The number of carbonyl (C=O) groups is 1. The van der Waals surface area contributed by atoms with Crippen LogP contribution in [0.15, 0.2) is 41.3 Å². The molecule has 10 heteroatoms. The molecule has 0 saturated carbocycles. The van der Waals surface area contributed by atoms with Gasteiger partial charge in [0.05, 0.1) is 34.1 Å². The van der Waals surface area contributed by atoms with Gasteiger partial charge >= 0.3 is 0 Å². The van der Waals surface area contributed by atoms with Crippen LogP contribution in [-0.2, 0) is 19.4 Å². The number of benzene rings is 2. The Hall–Kier alpha value is -2.04. The number of rotatable bonds is 9. The predicted octanol–water partition coefficient (Wildman–Crippen LogP) is 4.49. The highest BCUT2D eigenvalue weighted by Crippen LogP contribution is 2.32. The molecule has 0 bridgehead atoms. The average Bonchev–Trinajstić information content (AvgIpc) is 3.25. The first-order valence-electron chi connectivity index (χ1n) is 11.7. The first-order chi connectivity index (χ1) is 16.7. The monoisotopic (exact) mass is 535 g/mol. The van der Waals surface area contributed by atoms with E-state index in [0.29, 0.717) is 16.7 Å². The van der Waals surface area contributed by atoms with Gasteiger partial charge in [0.2, 0.25) is 5.91 Å². The van der Waals surface area contributed by atoms with E-state index in [2.05, 4.69) is 17.0 Å². The molecule has 0 aliphatic carbocycles. The third-order valence-corrected chi connectivity index (χ3v) is 9.08. The number of sulfone groups is 1. The molecule has 1 aliphatic rings. The third-order valence-electron chi connectivity index (χ3n) is 6.07. The summed E-state index contributed by atoms with van der Waals surface area (Å²) in [6.07, 6.45) is 0.653. The number of carbonyl (C=O) groups excluding carboxylic acids is 1. The number of aryl methyl sites for hydroxylation is 2. The summed E-state index contributed by atoms with van der Waals surface area (Å²) in [6.45, 7) is 8.60. The Labute approximate surface area is 215 Å². The molecule has 1 fully saturated rings. The van der Waals surface area contributed by atoms with Crippen LogP contribution in [0.1, 0.15) is 24.0 Å². The van der Waals surface area contributed by atoms with Crippen molar-refractivity contribution in [1.82, 2.24) is 9.88 Å². The molecule has 188 valence electrons. The summed E-state index contributed by atoms with van der Waals surface area (Å²) in [5.74, 6) is -0.505. The Morgan fingerprint density at radius 2 is 1.89 bits per heavy atom. The minimum Gasteiger partial charge on any atom is -0.379 e. The number of halogens is 1. The lowest BCUT2D eigenvalue weighted by Gasteiger charge is -2.27. The van der Waals surface area contributed by atoms with E-state index in [1.54, 1.807) is 17.0 Å². The van der Waals surface area contributed by atoms with Crippen LogP contribution in [0.25, 0.3) is 10.2 Å². The quantitative estimate of drug-likeness (QED) is 0.402. The topological polar surface area (TPSA) is 79.8 Å². The van der Waals surface area contributed by atoms with Crippen molar-refractivity contribution in [2.75, 3.05) is 50.0 Å². The number of ether oxygens (including phenoxy) is 1. The van der Waals surface area contributed by atoms with Gasteiger partial charge in [-0.15, -0.1) is 0 Å². The van der Waals surface area contributed by atoms with Gasteiger partial charge in [-0.3, -0.25) is 14.6 Å². The van der Waals surface area contributed by atoms with E-state index in [-0.39, 0.29) is 23.0 Å². The van der Waals surface area contributed by atoms with Crippen LogP contribution >= 0.6 is 22.9 Å². The van der Waals surface area contributed by atoms with E-state index < -0.39 is 9.84 Å². The molecular weight excluding hydrogens is 506 g/mol. The van der Waals surface area contributed by atoms with Crippen molar-refractivity contribution in [2.45, 2.75) is 31.6 Å². The lowest BCUT2D eigenvalue weighted by molar-refractivity contribution is -0.118. The van der Waals surface area contributed by atoms with E-state index >= 15 is 0 Å². The van der Waals surface area contributed by atoms with E-state index in [9.17, 15) is 13.2 Å². The van der Waals surface area contributed by atoms with Gasteiger partial charge in [-0.1, -0.05) is 29.0 Å². The van der Waals surface area contributed by atoms with Crippen LogP contribution in [0.5, 0.6) is 0 Å². The van der Waals surface area contributed by atoms with Crippen molar-refractivity contribution >= 4 is 54.0 Å². The van der Waals surface area contributed by atoms with Crippen LogP contribution in [0, 0.1) is 13.8 Å². The highest BCUT2D eigenvalue weighted by Gasteiger charge is 2.24. The Morgan fingerprint density at radius 3 is 2.60 bits per heavy atom. The minimum absolute atomic E-state index is 0.115. The third kappa shape index (κ3) is 6.59. The second-order valence-corrected chi connectivity index (χ2v) is 12.4. The molecule has 0 radical (unpaired) electrons. The summed E-state index contributed by atoms with van der Waals surface area (Å²) >= 11 is 7.36. The van der Waals surface area contributed by atoms with Crippen molar-refractivity contribution in [3.05, 3.63) is 52.5 Å². The van der Waals surface area contributed by atoms with Crippen molar-refractivity contribution in [1.29, 1.82) is 0 Å². The number of anilines is 1. The molecule has 1 aromatic heterocycles. The smallest absolute Gasteiger partial charge is 0.229 e. The van der Waals surface area contributed by atoms with Gasteiger partial charge in [-0.2, -0.15) is 0 Å². The number of hydrogen-bond donors (Lipinski definition) is 0. The first-order valence-corrected chi connectivity index (χ1v) is 14.5. The molecule has 1 saturated heterocycles. The van der Waals surface area contributed by atoms with Gasteiger partial charge < -0.3 is 4.74 Å². The maximum Gasteiger partial charge on any atom is 0.229 e. The highest BCUT2D eigenvalue weighted by atomic mass is 35.5. The molecule has 0 unspecified atom stereocenters. The molecule has 1 aliphatic heterocycles. The van der Waals surface area contributed by atoms with Crippen LogP contribution in [-0.4, -0.2) is 69.4 Å². The summed E-state index contributed by atoms with van der Waals surface area (Å²) in [5, 5.41) is 1.08. The summed E-state index contributed by atoms with van der Waals surface area (Å²) in [4.78, 5) is 22.3. The van der Waals surface area contributed by atoms with E-state index in [1.165, 1.54) is 23.5 Å². The molecule has 0 atom stereocenters. The molecular formula is C25H30ClN3O4S2. The fourth-order valence-corrected chi connectivity index (χ4v) is 6.74. The van der Waals surface area contributed by atoms with Crippen LogP contribution < -0.4 is 4.90 Å². The average molecular weight is 536 g/mol. The SMILES string of the molecule is Cc1cc(C)c2nc(N(CCCN3CCOCC3)C(=O)CCS(=O)(=O)c3ccc(Cl)cc3)sc2c1. The molecule has 1 amide bonds. The maximum atomic E-state index is 13.4. The van der Waals surface area contributed by atoms with Gasteiger partial charge in [0.25, 0.3) is 0 Å². The van der Waals surface area contributed by atoms with Gasteiger partial charge in [0.1, 0.15) is 0 Å². The molecule has 0 spiro atoms. The fourth-order valence-electron chi connectivity index (χ4n) is 4.19. The Morgan fingerprint density at radius 1 is 1.17 bits per heavy atom. The van der Waals surface area contributed by atoms with Crippen LogP contribution in [0.2, 0.25) is 5.02 Å². The Balaban J connectivity index is 1.51. The second kappa shape index (κ2) is 11.3. The van der Waals surface area contributed by atoms with Gasteiger partial charge in [-0.05, 0) is 61.7 Å². The number of aromatic nitrogens is 1. The molecule has 3 aromatic rings. The minimum atomic E-state index is -3.61. The predicted molar refractivity (Wildman–Crippen MR) is 141 cm³/mol. The van der Waals surface area contributed by atoms with Gasteiger partial charge in [-0.25, -0.2) is 13.4 Å². The van der Waals surface area contributed by atoms with Crippen molar-refractivity contribution in [3.8, 4) is 0 Å². The number of morpholine rings is 1. The summed E-state index contributed by atoms with van der Waals surface area (Å²) in [7, 11) is -3.61. The molecule has 7 nitrogen and oxygen atoms in total. The Bertz CT molecular complexity index is 1290. The van der Waals surface area contributed by atoms with E-state index in [4.69, 9.17) is 21.3 Å². The van der Waals surface area contributed by atoms with E-state index in [0.717, 1.165) is 60.6 Å². The summed E-state index contributed by atoms with van der Waals surface area (Å²) in [6, 6.07) is 10.2. The van der Waals surface area contributed by atoms with Crippen LogP contribution in [0.4, 0.5) is 5.13 Å². The molecule has 4 rings (SSSR count). The highest BCUT2D eigenvalue weighted by molar-refractivity contribution is 7.91. The number of thiazole rings is 1. The fraction of sp³-hybridized carbons (Fsp3) is 0.440. The zero-order valence-electron chi connectivity index (χ0n) is 20.0. The number of nitrogens with zero attached hydrogens (tertiary/aromatic N) is 3. The lowest BCUT2D eigenvalue weighted by atomic mass is 10.1. The van der Waals surface area contributed by atoms with Crippen molar-refractivity contribution in [2.24, 2.45) is 0 Å². The van der Waals surface area contributed by atoms with Gasteiger partial charge in [0, 0.05) is 37.6 Å². The molecule has 2 heterocycles. The number of hydrogen-bond acceptors (Lipinski definition) is 7. The largest absolute Gasteiger partial charge is 0.379 e. The van der Waals surface area contributed by atoms with Crippen molar-refractivity contribution < 1.29 is 17.9 Å². The number of fused-ring (bicyclic) bond motifs is 1. The molecule has 35 heavy (non-hydrogen) atoms. The zero-order valence-corrected chi connectivity index (χ0v) is 22.4. The Kier molecular flexibility index (Phi) is 8.44. The first kappa shape index (κ1) is 26.0. The lowest BCUT2D eigenvalue weighted by Crippen LogP contribution is -2.39. The standard InChI is InChI=1S/C25H30ClN3O4S2/c1-18-16-19(2)24-22(17-18)34-25(27-24)29(10-3-9-28-11-13-33-14-12-28)23(30)8-15-35(31,32)21-6-4-20(26)5-7-21/h4-7,16-17H,3,8-15H2,1-2H3. The zero-order chi connectivity index (χ0) is 25.0.